The Balaban J connectivity index is 0. The molecule has 20 heavy (non-hydrogen) atoms. The van der Waals surface area contributed by atoms with Crippen LogP contribution in [-0.2, 0) is 9.59 Å². The van der Waals surface area contributed by atoms with Crippen LogP contribution in [0.25, 0.3) is 0 Å². The van der Waals surface area contributed by atoms with Gasteiger partial charge < -0.3 is 14.8 Å². The molecule has 0 aromatic carbocycles. The molecule has 0 bridgehead atoms. The molecule has 0 radical (unpaired) electrons. The minimum absolute atomic E-state index is 0. The van der Waals surface area contributed by atoms with Crippen molar-refractivity contribution in [2.45, 2.75) is 65.0 Å². The summed E-state index contributed by atoms with van der Waals surface area (Å²) in [6, 6.07) is 0. The first-order valence-corrected chi connectivity index (χ1v) is 7.12. The zero-order valence-electron chi connectivity index (χ0n) is 13.0. The van der Waals surface area contributed by atoms with Crippen molar-refractivity contribution in [1.29, 1.82) is 0 Å². The molecule has 0 heterocycles. The van der Waals surface area contributed by atoms with Gasteiger partial charge in [-0.05, 0) is 25.7 Å². The maximum Gasteiger partial charge on any atom is 1.00 e. The number of carbonyl (C=O) groups is 2. The van der Waals surface area contributed by atoms with E-state index in [0.29, 0.717) is 32.2 Å². The molecule has 0 rings (SSSR count). The Morgan fingerprint density at radius 1 is 1.15 bits per heavy atom. The van der Waals surface area contributed by atoms with Gasteiger partial charge in [0.05, 0.1) is 12.5 Å². The average molecular weight is 297 g/mol. The molecule has 0 aliphatic heterocycles. The van der Waals surface area contributed by atoms with Gasteiger partial charge in [0, 0.05) is 13.0 Å². The SMILES string of the molecule is CCCCC(F)CCCC(=O)N(CCC)CC(=O)[O-].[Na+]. The molecule has 0 spiro atoms. The predicted octanol–water partition coefficient (Wildman–Crippen LogP) is -1.32. The van der Waals surface area contributed by atoms with E-state index in [0.717, 1.165) is 12.8 Å². The first-order valence-electron chi connectivity index (χ1n) is 7.12. The van der Waals surface area contributed by atoms with Gasteiger partial charge in [-0.2, -0.15) is 0 Å². The summed E-state index contributed by atoms with van der Waals surface area (Å²) in [6.45, 7) is 3.92. The number of nitrogens with zero attached hydrogens (tertiary/aromatic N) is 1. The Morgan fingerprint density at radius 3 is 2.25 bits per heavy atom. The smallest absolute Gasteiger partial charge is 0.548 e. The summed E-state index contributed by atoms with van der Waals surface area (Å²) in [5, 5.41) is 10.5. The van der Waals surface area contributed by atoms with Crippen molar-refractivity contribution in [3.05, 3.63) is 0 Å². The second kappa shape index (κ2) is 13.8. The summed E-state index contributed by atoms with van der Waals surface area (Å²) >= 11 is 0. The van der Waals surface area contributed by atoms with Gasteiger partial charge in [0.15, 0.2) is 0 Å². The number of aliphatic carboxylic acids is 1. The largest absolute Gasteiger partial charge is 1.00 e. The fraction of sp³-hybridized carbons (Fsp3) is 0.857. The van der Waals surface area contributed by atoms with Crippen LogP contribution in [0.2, 0.25) is 0 Å². The second-order valence-corrected chi connectivity index (χ2v) is 4.82. The number of carbonyl (C=O) groups excluding carboxylic acids is 2. The summed E-state index contributed by atoms with van der Waals surface area (Å²) in [7, 11) is 0. The van der Waals surface area contributed by atoms with Crippen LogP contribution in [0.5, 0.6) is 0 Å². The molecule has 6 heteroatoms. The van der Waals surface area contributed by atoms with Crippen LogP contribution in [-0.4, -0.2) is 36.0 Å². The minimum Gasteiger partial charge on any atom is -0.548 e. The molecule has 1 unspecified atom stereocenters. The van der Waals surface area contributed by atoms with Gasteiger partial charge in [0.2, 0.25) is 5.91 Å². The Kier molecular flexibility index (Phi) is 15.3. The molecular formula is C14H25FNNaO3. The molecule has 0 aromatic rings. The molecular weight excluding hydrogens is 272 g/mol. The maximum absolute atomic E-state index is 13.4. The van der Waals surface area contributed by atoms with E-state index in [4.69, 9.17) is 0 Å². The Labute approximate surface area is 143 Å². The molecule has 1 amide bonds. The topological polar surface area (TPSA) is 60.4 Å². The standard InChI is InChI=1S/C14H26FNO3.Na/c1-3-5-7-12(15)8-6-9-13(17)16(10-4-2)11-14(18)19;/h12H,3-11H2,1-2H3,(H,18,19);/q;+1/p-1. The number of unbranched alkanes of at least 4 members (excludes halogenated alkanes) is 1. The number of hydrogen-bond donors (Lipinski definition) is 0. The van der Waals surface area contributed by atoms with Crippen molar-refractivity contribution in [2.75, 3.05) is 13.1 Å². The average Bonchev–Trinajstić information content (AvgIpc) is 2.35. The number of amides is 1. The van der Waals surface area contributed by atoms with E-state index in [-0.39, 0.29) is 48.4 Å². The van der Waals surface area contributed by atoms with Crippen molar-refractivity contribution < 1.29 is 48.6 Å². The Bertz CT molecular complexity index is 277. The van der Waals surface area contributed by atoms with E-state index < -0.39 is 12.1 Å². The summed E-state index contributed by atoms with van der Waals surface area (Å²) in [5.74, 6) is -1.48. The Morgan fingerprint density at radius 2 is 1.75 bits per heavy atom. The van der Waals surface area contributed by atoms with E-state index >= 15 is 0 Å². The monoisotopic (exact) mass is 297 g/mol. The molecule has 0 saturated carbocycles. The fourth-order valence-electron chi connectivity index (χ4n) is 1.92. The van der Waals surface area contributed by atoms with Crippen LogP contribution in [0.3, 0.4) is 0 Å². The van der Waals surface area contributed by atoms with Crippen LogP contribution in [0, 0.1) is 0 Å². The number of alkyl halides is 1. The third kappa shape index (κ3) is 11.7. The molecule has 0 saturated heterocycles. The van der Waals surface area contributed by atoms with E-state index in [1.165, 1.54) is 4.90 Å². The van der Waals surface area contributed by atoms with Gasteiger partial charge in [-0.1, -0.05) is 26.7 Å². The van der Waals surface area contributed by atoms with Crippen molar-refractivity contribution in [1.82, 2.24) is 4.90 Å². The molecule has 0 aliphatic rings. The summed E-state index contributed by atoms with van der Waals surface area (Å²) in [5.41, 5.74) is 0. The van der Waals surface area contributed by atoms with Crippen molar-refractivity contribution in [2.24, 2.45) is 0 Å². The number of carboxylic acid groups (broad SMARTS) is 1. The van der Waals surface area contributed by atoms with Crippen molar-refractivity contribution >= 4 is 11.9 Å². The number of hydrogen-bond acceptors (Lipinski definition) is 3. The van der Waals surface area contributed by atoms with Crippen molar-refractivity contribution in [3.8, 4) is 0 Å². The van der Waals surface area contributed by atoms with Gasteiger partial charge >= 0.3 is 29.6 Å². The van der Waals surface area contributed by atoms with Crippen LogP contribution in [0.4, 0.5) is 4.39 Å². The first kappa shape index (κ1) is 22.2. The fourth-order valence-corrected chi connectivity index (χ4v) is 1.92. The number of carboxylic acids is 1. The normalized spacial score (nSPS) is 11.6. The maximum atomic E-state index is 13.4. The van der Waals surface area contributed by atoms with E-state index in [2.05, 4.69) is 0 Å². The number of rotatable bonds is 11. The summed E-state index contributed by atoms with van der Waals surface area (Å²) in [6.07, 6.45) is 3.27. The van der Waals surface area contributed by atoms with Crippen LogP contribution in [0.15, 0.2) is 0 Å². The van der Waals surface area contributed by atoms with Gasteiger partial charge in [-0.25, -0.2) is 4.39 Å². The molecule has 0 aliphatic carbocycles. The summed E-state index contributed by atoms with van der Waals surface area (Å²) in [4.78, 5) is 23.6. The zero-order valence-corrected chi connectivity index (χ0v) is 15.0. The second-order valence-electron chi connectivity index (χ2n) is 4.82. The van der Waals surface area contributed by atoms with Gasteiger partial charge in [-0.15, -0.1) is 0 Å². The van der Waals surface area contributed by atoms with E-state index in [9.17, 15) is 19.1 Å². The molecule has 0 N–H and O–H groups in total. The van der Waals surface area contributed by atoms with Crippen LogP contribution >= 0.6 is 0 Å². The molecule has 112 valence electrons. The molecule has 0 aromatic heterocycles. The van der Waals surface area contributed by atoms with Crippen molar-refractivity contribution in [3.63, 3.8) is 0 Å². The Hall–Kier alpha value is -0.130. The molecule has 0 fully saturated rings. The minimum atomic E-state index is -1.26. The third-order valence-corrected chi connectivity index (χ3v) is 2.95. The predicted molar refractivity (Wildman–Crippen MR) is 70.2 cm³/mol. The number of halogens is 1. The summed E-state index contributed by atoms with van der Waals surface area (Å²) < 4.78 is 13.4. The first-order chi connectivity index (χ1) is 9.01. The zero-order chi connectivity index (χ0) is 14.7. The van der Waals surface area contributed by atoms with Gasteiger partial charge in [0.1, 0.15) is 6.17 Å². The quantitative estimate of drug-likeness (QED) is 0.444. The van der Waals surface area contributed by atoms with Crippen LogP contribution in [0.1, 0.15) is 58.8 Å². The van der Waals surface area contributed by atoms with E-state index in [1.54, 1.807) is 0 Å². The van der Waals surface area contributed by atoms with E-state index in [1.807, 2.05) is 13.8 Å². The molecule has 1 atom stereocenters. The van der Waals surface area contributed by atoms with Crippen LogP contribution < -0.4 is 34.7 Å². The molecule has 4 nitrogen and oxygen atoms in total. The third-order valence-electron chi connectivity index (χ3n) is 2.95. The van der Waals surface area contributed by atoms with Gasteiger partial charge in [0.25, 0.3) is 0 Å². The van der Waals surface area contributed by atoms with Gasteiger partial charge in [-0.3, -0.25) is 4.79 Å².